The van der Waals surface area contributed by atoms with E-state index >= 15 is 0 Å². The predicted octanol–water partition coefficient (Wildman–Crippen LogP) is 5.14. The van der Waals surface area contributed by atoms with Crippen molar-refractivity contribution in [1.29, 1.82) is 0 Å². The third-order valence-electron chi connectivity index (χ3n) is 4.90. The lowest BCUT2D eigenvalue weighted by molar-refractivity contribution is 0.597. The van der Waals surface area contributed by atoms with Gasteiger partial charge in [-0.1, -0.05) is 69.8 Å². The summed E-state index contributed by atoms with van der Waals surface area (Å²) in [4.78, 5) is 0. The summed E-state index contributed by atoms with van der Waals surface area (Å²) in [5, 5.41) is 4.59. The summed E-state index contributed by atoms with van der Waals surface area (Å²) < 4.78 is 32.6. The fourth-order valence-corrected chi connectivity index (χ4v) is 6.10. The molecule has 5 heteroatoms. The zero-order valence-electron chi connectivity index (χ0n) is 15.4. The minimum atomic E-state index is -1.79. The topological polar surface area (TPSA) is 47.3 Å². The molecule has 2 unspecified atom stereocenters. The molecule has 0 fully saturated rings. The molecule has 0 bridgehead atoms. The summed E-state index contributed by atoms with van der Waals surface area (Å²) in [5.74, 6) is 0. The number of rotatable bonds is 4. The Balaban J connectivity index is 1.72. The van der Waals surface area contributed by atoms with Gasteiger partial charge in [0.2, 0.25) is 10.6 Å². The number of fused-ring (bicyclic) bond motifs is 3. The molecule has 0 amide bonds. The minimum absolute atomic E-state index is 0.594. The monoisotopic (exact) mass is 414 g/mol. The van der Waals surface area contributed by atoms with Crippen LogP contribution in [0.25, 0.3) is 21.9 Å². The Morgan fingerprint density at radius 3 is 1.31 bits per heavy atom. The van der Waals surface area contributed by atoms with Crippen molar-refractivity contribution in [2.24, 2.45) is 0 Å². The van der Waals surface area contributed by atoms with E-state index in [4.69, 9.17) is 4.42 Å². The van der Waals surface area contributed by atoms with E-state index in [9.17, 15) is 9.13 Å². The van der Waals surface area contributed by atoms with Gasteiger partial charge in [0, 0.05) is 10.8 Å². The van der Waals surface area contributed by atoms with Crippen LogP contribution in [0.3, 0.4) is 0 Å². The highest BCUT2D eigenvalue weighted by molar-refractivity contribution is 7.62. The predicted molar refractivity (Wildman–Crippen MR) is 120 cm³/mol. The van der Waals surface area contributed by atoms with Crippen LogP contribution in [-0.4, -0.2) is 0 Å². The number of hydrogen-bond acceptors (Lipinski definition) is 3. The van der Waals surface area contributed by atoms with Gasteiger partial charge in [-0.05, 0) is 36.4 Å². The van der Waals surface area contributed by atoms with Gasteiger partial charge in [0.1, 0.15) is 0 Å². The first-order chi connectivity index (χ1) is 14.2. The summed E-state index contributed by atoms with van der Waals surface area (Å²) in [6, 6.07) is 30.1. The zero-order valence-corrected chi connectivity index (χ0v) is 17.1. The fourth-order valence-electron chi connectivity index (χ4n) is 3.52. The quantitative estimate of drug-likeness (QED) is 0.383. The van der Waals surface area contributed by atoms with Crippen molar-refractivity contribution in [2.45, 2.75) is 0 Å². The van der Waals surface area contributed by atoms with Crippen molar-refractivity contribution in [1.82, 2.24) is 0 Å². The van der Waals surface area contributed by atoms with Crippen molar-refractivity contribution < 1.29 is 13.5 Å². The van der Waals surface area contributed by atoms with Crippen molar-refractivity contribution in [2.75, 3.05) is 0 Å². The van der Waals surface area contributed by atoms with Gasteiger partial charge in [-0.3, -0.25) is 0 Å². The van der Waals surface area contributed by atoms with Gasteiger partial charge in [0.05, 0.1) is 0 Å². The number of para-hydroxylation sites is 2. The Bertz CT molecular complexity index is 1270. The first kappa shape index (κ1) is 17.9. The lowest BCUT2D eigenvalue weighted by Crippen LogP contribution is -2.07. The normalized spacial score (nSPS) is 12.3. The van der Waals surface area contributed by atoms with Crippen molar-refractivity contribution in [3.05, 3.63) is 97.1 Å². The second-order valence-corrected chi connectivity index (χ2v) is 9.84. The number of hydrogen-bond donors (Lipinski definition) is 0. The van der Waals surface area contributed by atoms with E-state index in [1.165, 1.54) is 0 Å². The Labute approximate surface area is 169 Å². The van der Waals surface area contributed by atoms with Crippen LogP contribution in [0, 0.1) is 0 Å². The molecule has 4 aromatic carbocycles. The van der Waals surface area contributed by atoms with Crippen LogP contribution in [0.5, 0.6) is 0 Å². The molecule has 0 aliphatic rings. The van der Waals surface area contributed by atoms with E-state index in [-0.39, 0.29) is 0 Å². The molecule has 5 aromatic rings. The summed E-state index contributed by atoms with van der Waals surface area (Å²) >= 11 is 0. The maximum absolute atomic E-state index is 13.2. The molecular weight excluding hydrogens is 398 g/mol. The average Bonchev–Trinajstić information content (AvgIpc) is 3.18. The van der Waals surface area contributed by atoms with Gasteiger partial charge in [0.15, 0.2) is 21.8 Å². The summed E-state index contributed by atoms with van der Waals surface area (Å²) in [7, 11) is -3.59. The van der Waals surface area contributed by atoms with Crippen molar-refractivity contribution in [3.8, 4) is 0 Å². The molecule has 0 N–H and O–H groups in total. The van der Waals surface area contributed by atoms with E-state index in [0.29, 0.717) is 21.8 Å². The van der Waals surface area contributed by atoms with E-state index < -0.39 is 15.6 Å². The van der Waals surface area contributed by atoms with Gasteiger partial charge < -0.3 is 4.42 Å². The molecule has 3 nitrogen and oxygen atoms in total. The van der Waals surface area contributed by atoms with E-state index in [0.717, 1.165) is 21.4 Å². The van der Waals surface area contributed by atoms with Crippen LogP contribution in [0.1, 0.15) is 0 Å². The van der Waals surface area contributed by atoms with Crippen LogP contribution in [0.2, 0.25) is 0 Å². The molecule has 138 valence electrons. The highest BCUT2D eigenvalue weighted by Crippen LogP contribution is 2.34. The molecule has 0 saturated carbocycles. The second kappa shape index (κ2) is 7.37. The van der Waals surface area contributed by atoms with Gasteiger partial charge in [-0.25, -0.2) is 0 Å². The molecule has 5 rings (SSSR count). The fraction of sp³-hybridized carbons (Fsp3) is 0. The molecule has 1 aromatic heterocycles. The van der Waals surface area contributed by atoms with Crippen LogP contribution in [0.4, 0.5) is 0 Å². The first-order valence-electron chi connectivity index (χ1n) is 9.23. The first-order valence-corrected chi connectivity index (χ1v) is 11.7. The van der Waals surface area contributed by atoms with Crippen LogP contribution in [-0.2, 0) is 9.13 Å². The summed E-state index contributed by atoms with van der Waals surface area (Å²) in [6.45, 7) is 0. The number of furan rings is 1. The highest BCUT2D eigenvalue weighted by atomic mass is 31.1. The van der Waals surface area contributed by atoms with Gasteiger partial charge >= 0.3 is 15.6 Å². The van der Waals surface area contributed by atoms with Crippen LogP contribution in [0.15, 0.2) is 101 Å². The molecule has 0 aliphatic carbocycles. The molecule has 29 heavy (non-hydrogen) atoms. The van der Waals surface area contributed by atoms with Crippen molar-refractivity contribution >= 4 is 58.8 Å². The molecule has 2 atom stereocenters. The largest absolute Gasteiger partial charge is 0.446 e. The molecular formula is C24H16O3P2+2. The van der Waals surface area contributed by atoms with E-state index in [1.807, 2.05) is 97.1 Å². The van der Waals surface area contributed by atoms with Crippen LogP contribution < -0.4 is 21.2 Å². The van der Waals surface area contributed by atoms with E-state index in [2.05, 4.69) is 0 Å². The Kier molecular flexibility index (Phi) is 4.56. The average molecular weight is 414 g/mol. The molecule has 1 heterocycles. The zero-order chi connectivity index (χ0) is 19.8. The Morgan fingerprint density at radius 2 is 0.897 bits per heavy atom. The SMILES string of the molecule is O=[P+](c1ccccc1)c1cccc2c1oc1c([P+](=O)c3ccccc3)cccc12. The molecule has 0 saturated heterocycles. The molecule has 0 aliphatic heterocycles. The third-order valence-corrected chi connectivity index (χ3v) is 8.02. The van der Waals surface area contributed by atoms with Crippen molar-refractivity contribution in [3.63, 3.8) is 0 Å². The minimum Gasteiger partial charge on any atom is -0.446 e. The van der Waals surface area contributed by atoms with Gasteiger partial charge in [-0.15, -0.1) is 0 Å². The highest BCUT2D eigenvalue weighted by Gasteiger charge is 2.32. The van der Waals surface area contributed by atoms with Crippen LogP contribution >= 0.6 is 15.6 Å². The maximum Gasteiger partial charge on any atom is 0.419 e. The third kappa shape index (κ3) is 3.09. The van der Waals surface area contributed by atoms with Gasteiger partial charge in [-0.2, -0.15) is 0 Å². The standard InChI is InChI=1S/C24H16O3P2/c25-28(17-9-3-1-4-10-17)21-15-7-13-19-20-14-8-16-22(24(20)27-23(19)21)29(26)18-11-5-2-6-12-18/h1-16H/q+2. The number of benzene rings is 4. The Hall–Kier alpha value is -3.12. The Morgan fingerprint density at radius 1 is 0.483 bits per heavy atom. The molecule has 0 radical (unpaired) electrons. The maximum atomic E-state index is 13.2. The summed E-state index contributed by atoms with van der Waals surface area (Å²) in [6.07, 6.45) is 0. The smallest absolute Gasteiger partial charge is 0.419 e. The second-order valence-electron chi connectivity index (χ2n) is 6.67. The van der Waals surface area contributed by atoms with E-state index in [1.54, 1.807) is 0 Å². The lowest BCUT2D eigenvalue weighted by atomic mass is 10.1. The van der Waals surface area contributed by atoms with Gasteiger partial charge in [0.25, 0.3) is 0 Å². The lowest BCUT2D eigenvalue weighted by Gasteiger charge is -1.91. The summed E-state index contributed by atoms with van der Waals surface area (Å²) in [5.41, 5.74) is 1.19. The molecule has 0 spiro atoms.